The minimum Gasteiger partial charge on any atom is -0.352 e. The molecule has 0 aromatic heterocycles. The Kier molecular flexibility index (Phi) is 8.17. The van der Waals surface area contributed by atoms with E-state index in [1.54, 1.807) is 17.0 Å². The lowest BCUT2D eigenvalue weighted by molar-refractivity contribution is -0.141. The summed E-state index contributed by atoms with van der Waals surface area (Å²) in [6.07, 6.45) is 5.02. The third-order valence-corrected chi connectivity index (χ3v) is 6.22. The highest BCUT2D eigenvalue weighted by atomic mass is 35.5. The van der Waals surface area contributed by atoms with Gasteiger partial charge in [0.2, 0.25) is 11.8 Å². The number of benzene rings is 2. The lowest BCUT2D eigenvalue weighted by atomic mass is 10.0. The molecule has 1 N–H and O–H groups in total. The highest BCUT2D eigenvalue weighted by Crippen LogP contribution is 2.25. The molecular formula is C24H28Cl2N2O2. The Hall–Kier alpha value is -2.04. The largest absolute Gasteiger partial charge is 0.352 e. The van der Waals surface area contributed by atoms with Crippen LogP contribution in [-0.4, -0.2) is 28.8 Å². The molecule has 1 atom stereocenters. The summed E-state index contributed by atoms with van der Waals surface area (Å²) in [6, 6.07) is 14.6. The number of rotatable bonds is 8. The molecule has 0 spiro atoms. The molecule has 1 fully saturated rings. The summed E-state index contributed by atoms with van der Waals surface area (Å²) in [6.45, 7) is 2.07. The maximum absolute atomic E-state index is 13.3. The highest BCUT2D eigenvalue weighted by Gasteiger charge is 2.31. The van der Waals surface area contributed by atoms with E-state index < -0.39 is 6.04 Å². The van der Waals surface area contributed by atoms with Gasteiger partial charge >= 0.3 is 0 Å². The zero-order chi connectivity index (χ0) is 21.5. The average molecular weight is 447 g/mol. The second-order valence-electron chi connectivity index (χ2n) is 7.81. The summed E-state index contributed by atoms with van der Waals surface area (Å²) in [5.74, 6) is -0.179. The molecule has 1 aliphatic carbocycles. The second-order valence-corrected chi connectivity index (χ2v) is 8.65. The quantitative estimate of drug-likeness (QED) is 0.589. The van der Waals surface area contributed by atoms with E-state index in [9.17, 15) is 9.59 Å². The fourth-order valence-electron chi connectivity index (χ4n) is 3.96. The van der Waals surface area contributed by atoms with Crippen molar-refractivity contribution in [2.24, 2.45) is 0 Å². The van der Waals surface area contributed by atoms with Crippen LogP contribution in [-0.2, 0) is 22.6 Å². The predicted molar refractivity (Wildman–Crippen MR) is 122 cm³/mol. The molecule has 0 aliphatic heterocycles. The first kappa shape index (κ1) is 22.6. The number of nitrogens with zero attached hydrogens (tertiary/aromatic N) is 1. The van der Waals surface area contributed by atoms with Gasteiger partial charge in [0.25, 0.3) is 0 Å². The molecule has 1 aliphatic rings. The van der Waals surface area contributed by atoms with Crippen molar-refractivity contribution < 1.29 is 9.59 Å². The minimum atomic E-state index is -0.604. The molecule has 4 nitrogen and oxygen atoms in total. The maximum Gasteiger partial charge on any atom is 0.243 e. The summed E-state index contributed by atoms with van der Waals surface area (Å²) in [5, 5.41) is 4.21. The smallest absolute Gasteiger partial charge is 0.243 e. The Morgan fingerprint density at radius 3 is 2.43 bits per heavy atom. The number of hydrogen-bond acceptors (Lipinski definition) is 2. The summed E-state index contributed by atoms with van der Waals surface area (Å²) in [4.78, 5) is 27.9. The van der Waals surface area contributed by atoms with E-state index in [2.05, 4.69) is 5.32 Å². The third kappa shape index (κ3) is 5.99. The van der Waals surface area contributed by atoms with Crippen LogP contribution >= 0.6 is 23.2 Å². The van der Waals surface area contributed by atoms with Crippen molar-refractivity contribution in [1.82, 2.24) is 10.2 Å². The first-order valence-corrected chi connectivity index (χ1v) is 11.3. The molecule has 0 heterocycles. The van der Waals surface area contributed by atoms with Crippen LogP contribution in [0.4, 0.5) is 0 Å². The second kappa shape index (κ2) is 10.8. The zero-order valence-corrected chi connectivity index (χ0v) is 18.8. The van der Waals surface area contributed by atoms with Crippen LogP contribution in [0.1, 0.15) is 50.2 Å². The van der Waals surface area contributed by atoms with Crippen molar-refractivity contribution in [3.63, 3.8) is 0 Å². The number of halogens is 2. The Bertz CT molecular complexity index is 867. The monoisotopic (exact) mass is 446 g/mol. The summed E-state index contributed by atoms with van der Waals surface area (Å²) < 4.78 is 0. The van der Waals surface area contributed by atoms with E-state index in [4.69, 9.17) is 23.2 Å². The van der Waals surface area contributed by atoms with E-state index in [0.717, 1.165) is 36.8 Å². The van der Waals surface area contributed by atoms with Crippen LogP contribution in [0.2, 0.25) is 10.0 Å². The van der Waals surface area contributed by atoms with Crippen molar-refractivity contribution in [2.75, 3.05) is 0 Å². The fraction of sp³-hybridized carbons (Fsp3) is 0.417. The number of nitrogens with one attached hydrogen (secondary N) is 1. The van der Waals surface area contributed by atoms with E-state index >= 15 is 0 Å². The topological polar surface area (TPSA) is 49.4 Å². The molecule has 30 heavy (non-hydrogen) atoms. The van der Waals surface area contributed by atoms with Gasteiger partial charge in [-0.2, -0.15) is 0 Å². The Morgan fingerprint density at radius 2 is 1.80 bits per heavy atom. The van der Waals surface area contributed by atoms with Gasteiger partial charge in [-0.05, 0) is 36.1 Å². The highest BCUT2D eigenvalue weighted by molar-refractivity contribution is 6.35. The number of hydrogen-bond donors (Lipinski definition) is 1. The molecule has 160 valence electrons. The van der Waals surface area contributed by atoms with Gasteiger partial charge in [-0.25, -0.2) is 0 Å². The lowest BCUT2D eigenvalue weighted by Crippen LogP contribution is -2.52. The van der Waals surface area contributed by atoms with Gasteiger partial charge < -0.3 is 10.2 Å². The van der Waals surface area contributed by atoms with Gasteiger partial charge in [0.1, 0.15) is 6.04 Å². The molecule has 0 bridgehead atoms. The molecule has 2 aromatic carbocycles. The van der Waals surface area contributed by atoms with Gasteiger partial charge in [0.05, 0.1) is 0 Å². The van der Waals surface area contributed by atoms with Gasteiger partial charge in [0.15, 0.2) is 0 Å². The van der Waals surface area contributed by atoms with Gasteiger partial charge in [-0.3, -0.25) is 9.59 Å². The SMILES string of the molecule is CCC(=O)N(Cc1ccc(Cl)cc1Cl)[C@H](Cc1ccccc1)C(=O)NC1CCCC1. The summed E-state index contributed by atoms with van der Waals surface area (Å²) >= 11 is 12.4. The summed E-state index contributed by atoms with van der Waals surface area (Å²) in [5.41, 5.74) is 1.79. The lowest BCUT2D eigenvalue weighted by Gasteiger charge is -2.32. The van der Waals surface area contributed by atoms with Gasteiger partial charge in [-0.1, -0.05) is 79.4 Å². The van der Waals surface area contributed by atoms with E-state index in [1.165, 1.54) is 0 Å². The maximum atomic E-state index is 13.3. The molecule has 0 unspecified atom stereocenters. The molecule has 0 radical (unpaired) electrons. The first-order chi connectivity index (χ1) is 14.5. The number of carbonyl (C=O) groups is 2. The summed E-state index contributed by atoms with van der Waals surface area (Å²) in [7, 11) is 0. The molecular weight excluding hydrogens is 419 g/mol. The average Bonchev–Trinajstić information content (AvgIpc) is 3.25. The number of amides is 2. The molecule has 0 saturated heterocycles. The van der Waals surface area contributed by atoms with Gasteiger partial charge in [-0.15, -0.1) is 0 Å². The Balaban J connectivity index is 1.90. The zero-order valence-electron chi connectivity index (χ0n) is 17.2. The van der Waals surface area contributed by atoms with Crippen molar-refractivity contribution >= 4 is 35.0 Å². The Morgan fingerprint density at radius 1 is 1.10 bits per heavy atom. The minimum absolute atomic E-state index is 0.0801. The van der Waals surface area contributed by atoms with Crippen LogP contribution < -0.4 is 5.32 Å². The van der Waals surface area contributed by atoms with E-state index in [1.807, 2.05) is 43.3 Å². The van der Waals surface area contributed by atoms with Crippen LogP contribution in [0.15, 0.2) is 48.5 Å². The molecule has 2 aromatic rings. The number of carbonyl (C=O) groups excluding carboxylic acids is 2. The molecule has 6 heteroatoms. The third-order valence-electron chi connectivity index (χ3n) is 5.63. The van der Waals surface area contributed by atoms with Crippen LogP contribution in [0.3, 0.4) is 0 Å². The molecule has 3 rings (SSSR count). The van der Waals surface area contributed by atoms with Gasteiger partial charge in [0, 0.05) is 35.5 Å². The van der Waals surface area contributed by atoms with Crippen molar-refractivity contribution in [3.05, 3.63) is 69.7 Å². The van der Waals surface area contributed by atoms with Crippen LogP contribution in [0.25, 0.3) is 0 Å². The van der Waals surface area contributed by atoms with Crippen molar-refractivity contribution in [2.45, 2.75) is 64.1 Å². The van der Waals surface area contributed by atoms with Crippen molar-refractivity contribution in [3.8, 4) is 0 Å². The standard InChI is InChI=1S/C24H28Cl2N2O2/c1-2-23(29)28(16-18-12-13-19(25)15-21(18)26)22(14-17-8-4-3-5-9-17)24(30)27-20-10-6-7-11-20/h3-5,8-9,12-13,15,20,22H,2,6-7,10-11,14,16H2,1H3,(H,27,30)/t22-/m1/s1. The molecule has 2 amide bonds. The normalized spacial score (nSPS) is 15.0. The predicted octanol–water partition coefficient (Wildman–Crippen LogP) is 5.40. The first-order valence-electron chi connectivity index (χ1n) is 10.6. The molecule has 1 saturated carbocycles. The van der Waals surface area contributed by atoms with Crippen LogP contribution in [0.5, 0.6) is 0 Å². The fourth-order valence-corrected chi connectivity index (χ4v) is 4.43. The van der Waals surface area contributed by atoms with Crippen LogP contribution in [0, 0.1) is 0 Å². The van der Waals surface area contributed by atoms with E-state index in [-0.39, 0.29) is 24.4 Å². The van der Waals surface area contributed by atoms with E-state index in [0.29, 0.717) is 22.9 Å². The van der Waals surface area contributed by atoms with Crippen molar-refractivity contribution in [1.29, 1.82) is 0 Å². The Labute approximate surface area is 188 Å².